The molecule has 0 unspecified atom stereocenters. The van der Waals surface area contributed by atoms with Gasteiger partial charge >= 0.3 is 0 Å². The number of nitrogens with zero attached hydrogens (tertiary/aromatic N) is 6. The lowest BCUT2D eigenvalue weighted by molar-refractivity contribution is -0.129. The number of aromatic nitrogens is 4. The highest BCUT2D eigenvalue weighted by Crippen LogP contribution is 2.32. The van der Waals surface area contributed by atoms with Gasteiger partial charge in [-0.1, -0.05) is 0 Å². The number of fused-ring (bicyclic) bond motifs is 2. The molecule has 10 heteroatoms. The standard InChI is InChI=1S/C23H23F2N7O/c1-14(28-22-3-5-26-21-4-6-27-32(21)22)17-13-18-19(25)11-16(24)12-20(18)29-23(17)31-9-7-30(8-10-31)15(2)33/h3-6,11-14,28H,7-10H2,1-2H3/t14-/m0/s1. The lowest BCUT2D eigenvalue weighted by Crippen LogP contribution is -2.48. The number of carbonyl (C=O) groups excluding carboxylic acids is 1. The molecule has 1 amide bonds. The maximum atomic E-state index is 14.6. The van der Waals surface area contributed by atoms with Gasteiger partial charge in [0, 0.05) is 68.4 Å². The Balaban J connectivity index is 1.56. The van der Waals surface area contributed by atoms with Gasteiger partial charge in [0.25, 0.3) is 0 Å². The number of hydrogen-bond acceptors (Lipinski definition) is 6. The molecule has 4 aromatic rings. The first-order chi connectivity index (χ1) is 15.9. The Morgan fingerprint density at radius 3 is 2.64 bits per heavy atom. The van der Waals surface area contributed by atoms with Crippen LogP contribution in [0, 0.1) is 11.6 Å². The summed E-state index contributed by atoms with van der Waals surface area (Å²) in [6.45, 7) is 5.79. The van der Waals surface area contributed by atoms with E-state index in [9.17, 15) is 13.6 Å². The van der Waals surface area contributed by atoms with Crippen LogP contribution in [-0.2, 0) is 4.79 Å². The molecule has 1 atom stereocenters. The molecule has 0 saturated carbocycles. The second-order valence-electron chi connectivity index (χ2n) is 8.15. The number of hydrogen-bond donors (Lipinski definition) is 1. The van der Waals surface area contributed by atoms with Gasteiger partial charge in [-0.15, -0.1) is 0 Å². The van der Waals surface area contributed by atoms with Gasteiger partial charge in [0.15, 0.2) is 5.65 Å². The Hall–Kier alpha value is -3.82. The number of anilines is 2. The first-order valence-electron chi connectivity index (χ1n) is 10.8. The molecule has 0 aliphatic carbocycles. The van der Waals surface area contributed by atoms with Gasteiger partial charge in [0.05, 0.1) is 17.8 Å². The summed E-state index contributed by atoms with van der Waals surface area (Å²) in [7, 11) is 0. The van der Waals surface area contributed by atoms with Crippen molar-refractivity contribution in [1.29, 1.82) is 0 Å². The van der Waals surface area contributed by atoms with E-state index < -0.39 is 11.6 Å². The Morgan fingerprint density at radius 2 is 1.88 bits per heavy atom. The molecule has 1 aliphatic heterocycles. The zero-order valence-electron chi connectivity index (χ0n) is 18.3. The molecule has 3 aromatic heterocycles. The zero-order valence-corrected chi connectivity index (χ0v) is 18.3. The minimum absolute atomic E-state index is 0.0291. The summed E-state index contributed by atoms with van der Waals surface area (Å²) < 4.78 is 30.2. The van der Waals surface area contributed by atoms with E-state index in [4.69, 9.17) is 0 Å². The molecular weight excluding hydrogens is 428 g/mol. The molecule has 170 valence electrons. The van der Waals surface area contributed by atoms with Gasteiger partial charge < -0.3 is 15.1 Å². The summed E-state index contributed by atoms with van der Waals surface area (Å²) in [6, 6.07) is 7.17. The maximum absolute atomic E-state index is 14.6. The lowest BCUT2D eigenvalue weighted by atomic mass is 10.0. The average molecular weight is 451 g/mol. The van der Waals surface area contributed by atoms with Crippen molar-refractivity contribution in [3.63, 3.8) is 0 Å². The summed E-state index contributed by atoms with van der Waals surface area (Å²) in [5.41, 5.74) is 1.72. The van der Waals surface area contributed by atoms with Crippen molar-refractivity contribution >= 4 is 34.1 Å². The van der Waals surface area contributed by atoms with Gasteiger partial charge in [-0.05, 0) is 19.1 Å². The summed E-state index contributed by atoms with van der Waals surface area (Å²) in [5.74, 6) is 0.0707. The van der Waals surface area contributed by atoms with Crippen LogP contribution in [0.4, 0.5) is 20.4 Å². The van der Waals surface area contributed by atoms with Gasteiger partial charge in [-0.3, -0.25) is 4.79 Å². The molecule has 0 bridgehead atoms. The van der Waals surface area contributed by atoms with E-state index in [0.29, 0.717) is 37.6 Å². The average Bonchev–Trinajstić information content (AvgIpc) is 3.28. The predicted octanol–water partition coefficient (Wildman–Crippen LogP) is 3.40. The molecule has 33 heavy (non-hydrogen) atoms. The van der Waals surface area contributed by atoms with Crippen LogP contribution in [0.15, 0.2) is 42.7 Å². The van der Waals surface area contributed by atoms with Gasteiger partial charge in [0.2, 0.25) is 5.91 Å². The van der Waals surface area contributed by atoms with Crippen molar-refractivity contribution in [2.45, 2.75) is 19.9 Å². The Bertz CT molecular complexity index is 1350. The number of pyridine rings is 1. The summed E-state index contributed by atoms with van der Waals surface area (Å²) >= 11 is 0. The fourth-order valence-corrected chi connectivity index (χ4v) is 4.25. The SMILES string of the molecule is CC(=O)N1CCN(c2nc3cc(F)cc(F)c3cc2[C@H](C)Nc2ccnc3ccnn23)CC1. The van der Waals surface area contributed by atoms with Crippen LogP contribution in [0.5, 0.6) is 0 Å². The molecular formula is C23H23F2N7O. The predicted molar refractivity (Wildman–Crippen MR) is 121 cm³/mol. The van der Waals surface area contributed by atoms with Crippen molar-refractivity contribution in [2.75, 3.05) is 36.4 Å². The molecule has 5 rings (SSSR count). The number of amides is 1. The van der Waals surface area contributed by atoms with E-state index in [1.807, 2.05) is 13.0 Å². The zero-order chi connectivity index (χ0) is 23.1. The van der Waals surface area contributed by atoms with E-state index in [0.717, 1.165) is 17.4 Å². The van der Waals surface area contributed by atoms with E-state index in [2.05, 4.69) is 25.3 Å². The van der Waals surface area contributed by atoms with Gasteiger partial charge in [0.1, 0.15) is 23.3 Å². The van der Waals surface area contributed by atoms with E-state index in [-0.39, 0.29) is 22.9 Å². The molecule has 8 nitrogen and oxygen atoms in total. The molecule has 1 fully saturated rings. The third kappa shape index (κ3) is 3.92. The second kappa shape index (κ2) is 8.27. The number of nitrogens with one attached hydrogen (secondary N) is 1. The fraction of sp³-hybridized carbons (Fsp3) is 0.304. The van der Waals surface area contributed by atoms with Crippen molar-refractivity contribution in [2.24, 2.45) is 0 Å². The number of rotatable bonds is 4. The van der Waals surface area contributed by atoms with E-state index in [1.165, 1.54) is 6.07 Å². The normalized spacial score (nSPS) is 15.3. The van der Waals surface area contributed by atoms with Crippen LogP contribution in [0.25, 0.3) is 16.6 Å². The maximum Gasteiger partial charge on any atom is 0.219 e. The molecule has 1 N–H and O–H groups in total. The summed E-state index contributed by atoms with van der Waals surface area (Å²) in [6.07, 6.45) is 3.36. The van der Waals surface area contributed by atoms with Crippen molar-refractivity contribution in [3.05, 3.63) is 59.9 Å². The highest BCUT2D eigenvalue weighted by atomic mass is 19.1. The largest absolute Gasteiger partial charge is 0.363 e. The van der Waals surface area contributed by atoms with Crippen LogP contribution in [-0.4, -0.2) is 56.6 Å². The molecule has 1 aromatic carbocycles. The highest BCUT2D eigenvalue weighted by Gasteiger charge is 2.25. The molecule has 1 aliphatic rings. The number of piperazine rings is 1. The van der Waals surface area contributed by atoms with Crippen molar-refractivity contribution in [1.82, 2.24) is 24.5 Å². The third-order valence-electron chi connectivity index (χ3n) is 6.00. The van der Waals surface area contributed by atoms with Crippen LogP contribution in [0.3, 0.4) is 0 Å². The van der Waals surface area contributed by atoms with Crippen LogP contribution in [0.1, 0.15) is 25.5 Å². The van der Waals surface area contributed by atoms with Crippen LogP contribution in [0.2, 0.25) is 0 Å². The molecule has 1 saturated heterocycles. The molecule has 4 heterocycles. The second-order valence-corrected chi connectivity index (χ2v) is 8.15. The topological polar surface area (TPSA) is 78.7 Å². The monoisotopic (exact) mass is 451 g/mol. The lowest BCUT2D eigenvalue weighted by Gasteiger charge is -2.36. The Morgan fingerprint density at radius 1 is 1.09 bits per heavy atom. The van der Waals surface area contributed by atoms with Crippen molar-refractivity contribution in [3.8, 4) is 0 Å². The van der Waals surface area contributed by atoms with Gasteiger partial charge in [-0.2, -0.15) is 9.61 Å². The van der Waals surface area contributed by atoms with Crippen LogP contribution < -0.4 is 10.2 Å². The van der Waals surface area contributed by atoms with E-state index in [1.54, 1.807) is 40.9 Å². The summed E-state index contributed by atoms with van der Waals surface area (Å²) in [5, 5.41) is 7.98. The quantitative estimate of drug-likeness (QED) is 0.513. The number of halogens is 2. The van der Waals surface area contributed by atoms with E-state index >= 15 is 0 Å². The Kier molecular flexibility index (Phi) is 5.27. The molecule has 0 radical (unpaired) electrons. The first-order valence-corrected chi connectivity index (χ1v) is 10.8. The fourth-order valence-electron chi connectivity index (χ4n) is 4.25. The highest BCUT2D eigenvalue weighted by molar-refractivity contribution is 5.83. The smallest absolute Gasteiger partial charge is 0.219 e. The third-order valence-corrected chi connectivity index (χ3v) is 6.00. The minimum Gasteiger partial charge on any atom is -0.363 e. The number of benzene rings is 1. The van der Waals surface area contributed by atoms with Crippen molar-refractivity contribution < 1.29 is 13.6 Å². The molecule has 0 spiro atoms. The Labute approximate surface area is 188 Å². The van der Waals surface area contributed by atoms with Gasteiger partial charge in [-0.25, -0.2) is 18.7 Å². The minimum atomic E-state index is -0.670. The first kappa shape index (κ1) is 21.0. The number of carbonyl (C=O) groups is 1. The van der Waals surface area contributed by atoms with Crippen LogP contribution >= 0.6 is 0 Å². The summed E-state index contributed by atoms with van der Waals surface area (Å²) in [4.78, 5) is 24.5.